The standard InChI is InChI=1S/C13H18ClN3O4/c1-8(4-5-21-3)16-13(18)9-6-10(14)12(15-2)11(7-9)17(19)20/h6-8,15H,4-5H2,1-3H3,(H,16,18). The van der Waals surface area contributed by atoms with E-state index in [1.165, 1.54) is 19.2 Å². The summed E-state index contributed by atoms with van der Waals surface area (Å²) in [5, 5.41) is 16.6. The summed E-state index contributed by atoms with van der Waals surface area (Å²) in [6.07, 6.45) is 0.646. The van der Waals surface area contributed by atoms with Crippen LogP contribution in [0.4, 0.5) is 11.4 Å². The Morgan fingerprint density at radius 1 is 1.52 bits per heavy atom. The van der Waals surface area contributed by atoms with Crippen LogP contribution in [0.25, 0.3) is 0 Å². The largest absolute Gasteiger partial charge is 0.385 e. The molecular weight excluding hydrogens is 298 g/mol. The molecule has 1 rings (SSSR count). The minimum atomic E-state index is -0.581. The Kier molecular flexibility index (Phi) is 6.39. The molecule has 1 aromatic rings. The van der Waals surface area contributed by atoms with Gasteiger partial charge in [0.1, 0.15) is 5.69 Å². The van der Waals surface area contributed by atoms with Crippen LogP contribution in [0, 0.1) is 10.1 Å². The number of benzene rings is 1. The lowest BCUT2D eigenvalue weighted by atomic mass is 10.1. The fourth-order valence-corrected chi connectivity index (χ4v) is 2.10. The van der Waals surface area contributed by atoms with Crippen LogP contribution < -0.4 is 10.6 Å². The smallest absolute Gasteiger partial charge is 0.294 e. The van der Waals surface area contributed by atoms with Crippen molar-refractivity contribution in [3.8, 4) is 0 Å². The average molecular weight is 316 g/mol. The zero-order chi connectivity index (χ0) is 16.0. The van der Waals surface area contributed by atoms with Crippen LogP contribution in [-0.4, -0.2) is 37.6 Å². The minimum Gasteiger partial charge on any atom is -0.385 e. The highest BCUT2D eigenvalue weighted by Gasteiger charge is 2.21. The third-order valence-corrected chi connectivity index (χ3v) is 3.21. The van der Waals surface area contributed by atoms with Crippen LogP contribution in [-0.2, 0) is 4.74 Å². The van der Waals surface area contributed by atoms with Crippen molar-refractivity contribution in [3.05, 3.63) is 32.8 Å². The van der Waals surface area contributed by atoms with Crippen molar-refractivity contribution < 1.29 is 14.5 Å². The molecule has 0 heterocycles. The van der Waals surface area contributed by atoms with Crippen molar-refractivity contribution in [2.75, 3.05) is 26.1 Å². The molecule has 1 unspecified atom stereocenters. The maximum Gasteiger partial charge on any atom is 0.294 e. The van der Waals surface area contributed by atoms with Crippen LogP contribution in [0.15, 0.2) is 12.1 Å². The number of nitro benzene ring substituents is 1. The number of hydrogen-bond acceptors (Lipinski definition) is 5. The summed E-state index contributed by atoms with van der Waals surface area (Å²) in [6, 6.07) is 2.49. The zero-order valence-electron chi connectivity index (χ0n) is 12.1. The van der Waals surface area contributed by atoms with Gasteiger partial charge in [-0.25, -0.2) is 0 Å². The maximum atomic E-state index is 12.1. The Morgan fingerprint density at radius 3 is 2.71 bits per heavy atom. The van der Waals surface area contributed by atoms with E-state index in [0.717, 1.165) is 0 Å². The van der Waals surface area contributed by atoms with E-state index < -0.39 is 10.8 Å². The summed E-state index contributed by atoms with van der Waals surface area (Å²) < 4.78 is 4.93. The SMILES string of the molecule is CNc1c(Cl)cc(C(=O)NC(C)CCOC)cc1[N+](=O)[O-]. The van der Waals surface area contributed by atoms with E-state index in [2.05, 4.69) is 10.6 Å². The number of methoxy groups -OCH3 is 1. The summed E-state index contributed by atoms with van der Waals surface area (Å²) in [4.78, 5) is 22.5. The molecule has 0 saturated carbocycles. The molecule has 116 valence electrons. The Bertz CT molecular complexity index is 536. The monoisotopic (exact) mass is 315 g/mol. The third-order valence-electron chi connectivity index (χ3n) is 2.91. The van der Waals surface area contributed by atoms with E-state index in [1.807, 2.05) is 6.92 Å². The molecule has 0 fully saturated rings. The van der Waals surface area contributed by atoms with E-state index in [0.29, 0.717) is 13.0 Å². The minimum absolute atomic E-state index is 0.112. The van der Waals surface area contributed by atoms with Gasteiger partial charge in [0.05, 0.1) is 9.95 Å². The maximum absolute atomic E-state index is 12.1. The molecule has 0 aromatic heterocycles. The van der Waals surface area contributed by atoms with Gasteiger partial charge in [0.15, 0.2) is 0 Å². The second-order valence-corrected chi connectivity index (χ2v) is 4.92. The molecule has 0 spiro atoms. The van der Waals surface area contributed by atoms with Crippen LogP contribution >= 0.6 is 11.6 Å². The Morgan fingerprint density at radius 2 is 2.19 bits per heavy atom. The first-order valence-corrected chi connectivity index (χ1v) is 6.74. The zero-order valence-corrected chi connectivity index (χ0v) is 12.9. The predicted molar refractivity (Wildman–Crippen MR) is 81.1 cm³/mol. The van der Waals surface area contributed by atoms with Gasteiger partial charge in [0.25, 0.3) is 11.6 Å². The second-order valence-electron chi connectivity index (χ2n) is 4.52. The van der Waals surface area contributed by atoms with Crippen molar-refractivity contribution >= 4 is 28.9 Å². The lowest BCUT2D eigenvalue weighted by molar-refractivity contribution is -0.383. The van der Waals surface area contributed by atoms with Gasteiger partial charge in [-0.3, -0.25) is 14.9 Å². The number of carbonyl (C=O) groups is 1. The van der Waals surface area contributed by atoms with Crippen LogP contribution in [0.1, 0.15) is 23.7 Å². The number of hydrogen-bond donors (Lipinski definition) is 2. The van der Waals surface area contributed by atoms with E-state index in [1.54, 1.807) is 7.11 Å². The number of amides is 1. The molecule has 0 aliphatic heterocycles. The molecule has 0 aliphatic carbocycles. The molecule has 7 nitrogen and oxygen atoms in total. The van der Waals surface area contributed by atoms with Gasteiger partial charge in [-0.1, -0.05) is 11.6 Å². The van der Waals surface area contributed by atoms with Crippen LogP contribution in [0.5, 0.6) is 0 Å². The first kappa shape index (κ1) is 17.2. The van der Waals surface area contributed by atoms with E-state index in [-0.39, 0.29) is 28.0 Å². The Labute approximate surface area is 127 Å². The van der Waals surface area contributed by atoms with E-state index in [9.17, 15) is 14.9 Å². The summed E-state index contributed by atoms with van der Waals surface area (Å²) in [5.41, 5.74) is 0.0975. The third kappa shape index (κ3) is 4.57. The van der Waals surface area contributed by atoms with Gasteiger partial charge in [0.2, 0.25) is 0 Å². The van der Waals surface area contributed by atoms with Gasteiger partial charge in [0, 0.05) is 38.4 Å². The van der Waals surface area contributed by atoms with Crippen LogP contribution in [0.3, 0.4) is 0 Å². The highest BCUT2D eigenvalue weighted by atomic mass is 35.5. The highest BCUT2D eigenvalue weighted by molar-refractivity contribution is 6.34. The quantitative estimate of drug-likeness (QED) is 0.595. The van der Waals surface area contributed by atoms with Crippen molar-refractivity contribution in [2.24, 2.45) is 0 Å². The molecule has 21 heavy (non-hydrogen) atoms. The highest BCUT2D eigenvalue weighted by Crippen LogP contribution is 2.33. The molecule has 1 atom stereocenters. The normalized spacial score (nSPS) is 11.8. The Balaban J connectivity index is 2.98. The van der Waals surface area contributed by atoms with Gasteiger partial charge in [-0.05, 0) is 19.4 Å². The van der Waals surface area contributed by atoms with Gasteiger partial charge >= 0.3 is 0 Å². The molecule has 0 aliphatic rings. The number of nitro groups is 1. The van der Waals surface area contributed by atoms with E-state index in [4.69, 9.17) is 16.3 Å². The predicted octanol–water partition coefficient (Wildman–Crippen LogP) is 2.44. The molecule has 2 N–H and O–H groups in total. The summed E-state index contributed by atoms with van der Waals surface area (Å²) in [5.74, 6) is -0.411. The summed E-state index contributed by atoms with van der Waals surface area (Å²) in [6.45, 7) is 2.34. The molecule has 0 radical (unpaired) electrons. The number of rotatable bonds is 7. The number of nitrogens with zero attached hydrogens (tertiary/aromatic N) is 1. The molecule has 0 bridgehead atoms. The van der Waals surface area contributed by atoms with Crippen molar-refractivity contribution in [3.63, 3.8) is 0 Å². The first-order chi connectivity index (χ1) is 9.90. The van der Waals surface area contributed by atoms with Crippen molar-refractivity contribution in [1.82, 2.24) is 5.32 Å². The lowest BCUT2D eigenvalue weighted by Crippen LogP contribution is -2.33. The van der Waals surface area contributed by atoms with Crippen molar-refractivity contribution in [2.45, 2.75) is 19.4 Å². The number of nitrogens with one attached hydrogen (secondary N) is 2. The molecule has 0 saturated heterocycles. The second kappa shape index (κ2) is 7.80. The number of carbonyl (C=O) groups excluding carboxylic acids is 1. The van der Waals surface area contributed by atoms with Crippen LogP contribution in [0.2, 0.25) is 5.02 Å². The first-order valence-electron chi connectivity index (χ1n) is 6.36. The van der Waals surface area contributed by atoms with Gasteiger partial charge < -0.3 is 15.4 Å². The fourth-order valence-electron chi connectivity index (χ4n) is 1.79. The average Bonchev–Trinajstić information content (AvgIpc) is 2.43. The molecule has 8 heteroatoms. The number of ether oxygens (including phenoxy) is 1. The van der Waals surface area contributed by atoms with E-state index >= 15 is 0 Å². The topological polar surface area (TPSA) is 93.5 Å². The fraction of sp³-hybridized carbons (Fsp3) is 0.462. The van der Waals surface area contributed by atoms with Crippen molar-refractivity contribution in [1.29, 1.82) is 0 Å². The molecule has 1 amide bonds. The number of anilines is 1. The molecular formula is C13H18ClN3O4. The lowest BCUT2D eigenvalue weighted by Gasteiger charge is -2.14. The molecule has 1 aromatic carbocycles. The Hall–Kier alpha value is -1.86. The number of halogens is 1. The van der Waals surface area contributed by atoms with Gasteiger partial charge in [-0.15, -0.1) is 0 Å². The summed E-state index contributed by atoms with van der Waals surface area (Å²) in [7, 11) is 3.11. The van der Waals surface area contributed by atoms with Gasteiger partial charge in [-0.2, -0.15) is 0 Å². The summed E-state index contributed by atoms with van der Waals surface area (Å²) >= 11 is 5.98.